The summed E-state index contributed by atoms with van der Waals surface area (Å²) in [4.78, 5) is 12.2. The summed E-state index contributed by atoms with van der Waals surface area (Å²) in [6.45, 7) is 5.51. The molecule has 0 aromatic heterocycles. The van der Waals surface area contributed by atoms with Crippen LogP contribution < -0.4 is 5.32 Å². The average molecular weight is 504 g/mol. The Kier molecular flexibility index (Phi) is 16.6. The number of carbonyl (C=O) groups excluding carboxylic acids is 1. The van der Waals surface area contributed by atoms with E-state index in [1.54, 1.807) is 6.08 Å². The molecule has 206 valence electrons. The summed E-state index contributed by atoms with van der Waals surface area (Å²) in [5.74, 6) is 0.252. The molecule has 35 heavy (non-hydrogen) atoms. The Morgan fingerprint density at radius 2 is 1.71 bits per heavy atom. The molecule has 0 aromatic carbocycles. The highest BCUT2D eigenvalue weighted by molar-refractivity contribution is 5.76. The minimum absolute atomic E-state index is 0.197. The summed E-state index contributed by atoms with van der Waals surface area (Å²) in [5, 5.41) is 52.8. The van der Waals surface area contributed by atoms with Gasteiger partial charge in [0.15, 0.2) is 6.29 Å². The van der Waals surface area contributed by atoms with Crippen LogP contribution in [0.15, 0.2) is 12.2 Å². The normalized spacial score (nSPS) is 27.6. The first kappa shape index (κ1) is 32.0. The van der Waals surface area contributed by atoms with Gasteiger partial charge in [-0.25, -0.2) is 0 Å². The Bertz CT molecular complexity index is 588. The summed E-state index contributed by atoms with van der Waals surface area (Å²) in [5.41, 5.74) is 0. The van der Waals surface area contributed by atoms with Gasteiger partial charge in [-0.1, -0.05) is 77.9 Å². The largest absolute Gasteiger partial charge is 0.394 e. The van der Waals surface area contributed by atoms with E-state index in [9.17, 15) is 30.3 Å². The van der Waals surface area contributed by atoms with Gasteiger partial charge >= 0.3 is 0 Å². The second-order valence-electron chi connectivity index (χ2n) is 9.77. The van der Waals surface area contributed by atoms with E-state index in [4.69, 9.17) is 9.47 Å². The maximum atomic E-state index is 12.2. The molecule has 9 nitrogen and oxygen atoms in total. The van der Waals surface area contributed by atoms with Crippen LogP contribution in [0.4, 0.5) is 0 Å². The van der Waals surface area contributed by atoms with E-state index in [0.717, 1.165) is 12.8 Å². The van der Waals surface area contributed by atoms with Gasteiger partial charge in [-0.05, 0) is 18.8 Å². The highest BCUT2D eigenvalue weighted by Crippen LogP contribution is 2.22. The summed E-state index contributed by atoms with van der Waals surface area (Å²) in [6, 6.07) is -0.799. The lowest BCUT2D eigenvalue weighted by Gasteiger charge is -2.40. The first-order chi connectivity index (χ1) is 16.7. The fourth-order valence-electron chi connectivity index (χ4n) is 4.11. The predicted molar refractivity (Wildman–Crippen MR) is 133 cm³/mol. The van der Waals surface area contributed by atoms with Gasteiger partial charge in [0, 0.05) is 6.42 Å². The van der Waals surface area contributed by atoms with E-state index in [1.807, 2.05) is 13.0 Å². The van der Waals surface area contributed by atoms with Crippen molar-refractivity contribution in [3.63, 3.8) is 0 Å². The highest BCUT2D eigenvalue weighted by Gasteiger charge is 2.44. The third-order valence-electron chi connectivity index (χ3n) is 6.45. The fourth-order valence-corrected chi connectivity index (χ4v) is 4.11. The van der Waals surface area contributed by atoms with Crippen LogP contribution in [0.2, 0.25) is 0 Å². The van der Waals surface area contributed by atoms with Crippen LogP contribution in [-0.2, 0) is 14.3 Å². The third-order valence-corrected chi connectivity index (χ3v) is 6.45. The van der Waals surface area contributed by atoms with Gasteiger partial charge in [0.25, 0.3) is 0 Å². The van der Waals surface area contributed by atoms with Gasteiger partial charge in [-0.15, -0.1) is 0 Å². The molecule has 1 amide bonds. The second kappa shape index (κ2) is 18.2. The van der Waals surface area contributed by atoms with E-state index in [0.29, 0.717) is 18.8 Å². The van der Waals surface area contributed by atoms with Crippen molar-refractivity contribution in [3.8, 4) is 0 Å². The molecule has 0 aromatic rings. The van der Waals surface area contributed by atoms with Crippen molar-refractivity contribution in [1.29, 1.82) is 0 Å². The third kappa shape index (κ3) is 12.1. The number of allylic oxidation sites excluding steroid dienone is 1. The number of ether oxygens (including phenoxy) is 2. The van der Waals surface area contributed by atoms with Gasteiger partial charge in [0.1, 0.15) is 24.4 Å². The SMILES string of the molecule is CCCCCCCCC(C)C/C=C/[C@@H](O)[C@H](COC1OC(CO)C(O)C(O)C1O)NC(=O)CCC. The topological polar surface area (TPSA) is 149 Å². The number of rotatable bonds is 18. The number of hydrogen-bond acceptors (Lipinski definition) is 8. The summed E-state index contributed by atoms with van der Waals surface area (Å²) < 4.78 is 10.9. The lowest BCUT2D eigenvalue weighted by Crippen LogP contribution is -2.60. The molecular weight excluding hydrogens is 454 g/mol. The van der Waals surface area contributed by atoms with Crippen molar-refractivity contribution in [2.75, 3.05) is 13.2 Å². The maximum absolute atomic E-state index is 12.2. The zero-order valence-corrected chi connectivity index (χ0v) is 21.7. The molecule has 0 radical (unpaired) electrons. The molecule has 0 bridgehead atoms. The number of aliphatic hydroxyl groups excluding tert-OH is 5. The van der Waals surface area contributed by atoms with E-state index in [1.165, 1.54) is 38.5 Å². The standard InChI is InChI=1S/C26H49NO8/c1-4-6-7-8-9-10-13-18(3)14-11-15-20(29)19(27-22(30)12-5-2)17-34-26-25(33)24(32)23(31)21(16-28)35-26/h11,15,18-21,23-26,28-29,31-33H,4-10,12-14,16-17H2,1-3H3,(H,27,30)/b15-11+/t18?,19-,20+,21?,23?,24?,25?,26?/m0/s1. The summed E-state index contributed by atoms with van der Waals surface area (Å²) >= 11 is 0. The van der Waals surface area contributed by atoms with Crippen molar-refractivity contribution in [2.45, 2.75) is 128 Å². The molecule has 0 aliphatic carbocycles. The van der Waals surface area contributed by atoms with Crippen molar-refractivity contribution in [3.05, 3.63) is 12.2 Å². The van der Waals surface area contributed by atoms with Crippen molar-refractivity contribution >= 4 is 5.91 Å². The number of aliphatic hydroxyl groups is 5. The molecule has 6 unspecified atom stereocenters. The van der Waals surface area contributed by atoms with Crippen LogP contribution in [0.5, 0.6) is 0 Å². The van der Waals surface area contributed by atoms with Crippen molar-refractivity contribution < 1.29 is 39.8 Å². The van der Waals surface area contributed by atoms with Crippen LogP contribution in [-0.4, -0.2) is 87.5 Å². The maximum Gasteiger partial charge on any atom is 0.220 e. The molecule has 1 aliphatic heterocycles. The smallest absolute Gasteiger partial charge is 0.220 e. The van der Waals surface area contributed by atoms with Gasteiger partial charge in [0.05, 0.1) is 25.4 Å². The molecule has 1 saturated heterocycles. The highest BCUT2D eigenvalue weighted by atomic mass is 16.7. The summed E-state index contributed by atoms with van der Waals surface area (Å²) in [7, 11) is 0. The molecule has 8 atom stereocenters. The molecule has 0 spiro atoms. The van der Waals surface area contributed by atoms with Crippen molar-refractivity contribution in [1.82, 2.24) is 5.32 Å². The molecule has 9 heteroatoms. The first-order valence-electron chi connectivity index (χ1n) is 13.3. The minimum Gasteiger partial charge on any atom is -0.394 e. The van der Waals surface area contributed by atoms with Crippen LogP contribution in [0.25, 0.3) is 0 Å². The molecule has 1 rings (SSSR count). The van der Waals surface area contributed by atoms with Gasteiger partial charge in [-0.2, -0.15) is 0 Å². The Hall–Kier alpha value is -1.07. The number of amides is 1. The number of unbranched alkanes of at least 4 members (excludes halogenated alkanes) is 5. The lowest BCUT2D eigenvalue weighted by molar-refractivity contribution is -0.302. The zero-order chi connectivity index (χ0) is 26.2. The molecule has 1 heterocycles. The van der Waals surface area contributed by atoms with Crippen LogP contribution in [0.1, 0.15) is 85.0 Å². The average Bonchev–Trinajstić information content (AvgIpc) is 2.83. The molecule has 1 fully saturated rings. The summed E-state index contributed by atoms with van der Waals surface area (Å²) in [6.07, 6.45) is 5.98. The Balaban J connectivity index is 2.60. The monoisotopic (exact) mass is 503 g/mol. The molecule has 0 saturated carbocycles. The Morgan fingerprint density at radius 1 is 1.03 bits per heavy atom. The van der Waals surface area contributed by atoms with Gasteiger partial charge in [-0.3, -0.25) is 4.79 Å². The molecular formula is C26H49NO8. The second-order valence-corrected chi connectivity index (χ2v) is 9.77. The minimum atomic E-state index is -1.56. The van der Waals surface area contributed by atoms with Gasteiger partial charge in [0.2, 0.25) is 5.91 Å². The fraction of sp³-hybridized carbons (Fsp3) is 0.885. The van der Waals surface area contributed by atoms with E-state index < -0.39 is 49.5 Å². The predicted octanol–water partition coefficient (Wildman–Crippen LogP) is 1.78. The van der Waals surface area contributed by atoms with E-state index >= 15 is 0 Å². The number of hydrogen-bond donors (Lipinski definition) is 6. The van der Waals surface area contributed by atoms with Crippen LogP contribution in [0.3, 0.4) is 0 Å². The molecule has 1 aliphatic rings. The lowest BCUT2D eigenvalue weighted by atomic mass is 9.98. The van der Waals surface area contributed by atoms with Crippen molar-refractivity contribution in [2.24, 2.45) is 5.92 Å². The van der Waals surface area contributed by atoms with Crippen LogP contribution in [0, 0.1) is 5.92 Å². The quantitative estimate of drug-likeness (QED) is 0.122. The zero-order valence-electron chi connectivity index (χ0n) is 21.7. The van der Waals surface area contributed by atoms with E-state index in [2.05, 4.69) is 19.2 Å². The number of nitrogens with one attached hydrogen (secondary N) is 1. The molecule has 6 N–H and O–H groups in total. The van der Waals surface area contributed by atoms with Gasteiger partial charge < -0.3 is 40.3 Å². The number of carbonyl (C=O) groups is 1. The first-order valence-corrected chi connectivity index (χ1v) is 13.3. The Labute approximate surface area is 210 Å². The Morgan fingerprint density at radius 3 is 2.37 bits per heavy atom. The van der Waals surface area contributed by atoms with Crippen LogP contribution >= 0.6 is 0 Å². The van der Waals surface area contributed by atoms with E-state index in [-0.39, 0.29) is 12.5 Å².